The SMILES string of the molecule is CC(=O)c1ccc2nc(-c3csc(S(=O)(=O)O)c3)sc2c1. The summed E-state index contributed by atoms with van der Waals surface area (Å²) in [6, 6.07) is 6.64. The Morgan fingerprint density at radius 2 is 2.05 bits per heavy atom. The van der Waals surface area contributed by atoms with Crippen LogP contribution in [0.25, 0.3) is 20.8 Å². The number of hydrogen-bond acceptors (Lipinski definition) is 6. The highest BCUT2D eigenvalue weighted by molar-refractivity contribution is 7.88. The van der Waals surface area contributed by atoms with E-state index in [9.17, 15) is 13.2 Å². The van der Waals surface area contributed by atoms with Gasteiger partial charge in [-0.15, -0.1) is 22.7 Å². The van der Waals surface area contributed by atoms with Crippen LogP contribution < -0.4 is 0 Å². The van der Waals surface area contributed by atoms with Gasteiger partial charge in [0.2, 0.25) is 0 Å². The lowest BCUT2D eigenvalue weighted by Gasteiger charge is -1.93. The maximum atomic E-state index is 11.4. The zero-order chi connectivity index (χ0) is 15.2. The molecular weight excluding hydrogens is 330 g/mol. The van der Waals surface area contributed by atoms with Crippen LogP contribution in [0, 0.1) is 0 Å². The minimum absolute atomic E-state index is 0.0176. The molecule has 8 heteroatoms. The Morgan fingerprint density at radius 3 is 2.67 bits per heavy atom. The number of benzene rings is 1. The number of fused-ring (bicyclic) bond motifs is 1. The second kappa shape index (κ2) is 4.99. The topological polar surface area (TPSA) is 84.3 Å². The Balaban J connectivity index is 2.09. The molecule has 0 bridgehead atoms. The summed E-state index contributed by atoms with van der Waals surface area (Å²) in [5, 5.41) is 2.28. The molecule has 0 aliphatic carbocycles. The van der Waals surface area contributed by atoms with Gasteiger partial charge in [0.1, 0.15) is 9.22 Å². The van der Waals surface area contributed by atoms with Gasteiger partial charge in [-0.2, -0.15) is 8.42 Å². The van der Waals surface area contributed by atoms with Crippen LogP contribution in [0.1, 0.15) is 17.3 Å². The van der Waals surface area contributed by atoms with Gasteiger partial charge in [0.25, 0.3) is 0 Å². The molecule has 1 N–H and O–H groups in total. The highest BCUT2D eigenvalue weighted by Crippen LogP contribution is 2.34. The van der Waals surface area contributed by atoms with E-state index in [0.29, 0.717) is 16.1 Å². The van der Waals surface area contributed by atoms with E-state index in [1.165, 1.54) is 24.3 Å². The van der Waals surface area contributed by atoms with Crippen molar-refractivity contribution in [2.75, 3.05) is 0 Å². The first-order valence-electron chi connectivity index (χ1n) is 5.82. The second-order valence-electron chi connectivity index (χ2n) is 4.39. The Morgan fingerprint density at radius 1 is 1.29 bits per heavy atom. The van der Waals surface area contributed by atoms with Crippen LogP contribution in [0.3, 0.4) is 0 Å². The standard InChI is InChI=1S/C13H9NO4S3/c1-7(15)8-2-3-10-11(4-8)20-13(14-10)9-5-12(19-6-9)21(16,17)18/h2-6H,1H3,(H,16,17,18). The Labute approximate surface area is 128 Å². The van der Waals surface area contributed by atoms with E-state index in [1.54, 1.807) is 23.6 Å². The Bertz CT molecular complexity index is 953. The van der Waals surface area contributed by atoms with Gasteiger partial charge in [0.15, 0.2) is 5.78 Å². The quantitative estimate of drug-likeness (QED) is 0.583. The highest BCUT2D eigenvalue weighted by Gasteiger charge is 2.16. The number of aromatic nitrogens is 1. The van der Waals surface area contributed by atoms with E-state index in [-0.39, 0.29) is 9.99 Å². The lowest BCUT2D eigenvalue weighted by molar-refractivity contribution is 0.101. The van der Waals surface area contributed by atoms with Crippen molar-refractivity contribution in [2.45, 2.75) is 11.1 Å². The molecule has 0 aliphatic rings. The lowest BCUT2D eigenvalue weighted by atomic mass is 10.1. The third-order valence-corrected chi connectivity index (χ3v) is 6.21. The lowest BCUT2D eigenvalue weighted by Crippen LogP contribution is -1.93. The molecule has 0 spiro atoms. The number of rotatable bonds is 3. The molecule has 0 atom stereocenters. The molecule has 21 heavy (non-hydrogen) atoms. The van der Waals surface area contributed by atoms with E-state index >= 15 is 0 Å². The smallest absolute Gasteiger partial charge is 0.295 e. The summed E-state index contributed by atoms with van der Waals surface area (Å²) in [5.41, 5.74) is 2.00. The summed E-state index contributed by atoms with van der Waals surface area (Å²) in [7, 11) is -4.19. The van der Waals surface area contributed by atoms with Gasteiger partial charge in [-0.3, -0.25) is 9.35 Å². The zero-order valence-corrected chi connectivity index (χ0v) is 13.2. The first kappa shape index (κ1) is 14.3. The van der Waals surface area contributed by atoms with Crippen LogP contribution in [0.5, 0.6) is 0 Å². The molecule has 0 saturated carbocycles. The molecule has 2 heterocycles. The summed E-state index contributed by atoms with van der Waals surface area (Å²) in [5.74, 6) is -0.0176. The van der Waals surface area contributed by atoms with Crippen molar-refractivity contribution in [2.24, 2.45) is 0 Å². The number of carbonyl (C=O) groups is 1. The van der Waals surface area contributed by atoms with Gasteiger partial charge in [0, 0.05) is 16.5 Å². The number of nitrogens with zero attached hydrogens (tertiary/aromatic N) is 1. The number of thiazole rings is 1. The fraction of sp³-hybridized carbons (Fsp3) is 0.0769. The Kier molecular flexibility index (Phi) is 3.40. The van der Waals surface area contributed by atoms with Crippen molar-refractivity contribution in [3.63, 3.8) is 0 Å². The van der Waals surface area contributed by atoms with Crippen molar-refractivity contribution in [1.82, 2.24) is 4.98 Å². The molecule has 2 aromatic heterocycles. The predicted molar refractivity (Wildman–Crippen MR) is 82.8 cm³/mol. The zero-order valence-electron chi connectivity index (χ0n) is 10.7. The van der Waals surface area contributed by atoms with Gasteiger partial charge in [-0.05, 0) is 31.2 Å². The van der Waals surface area contributed by atoms with Crippen LogP contribution in [-0.2, 0) is 10.1 Å². The van der Waals surface area contributed by atoms with Gasteiger partial charge >= 0.3 is 10.1 Å². The third kappa shape index (κ3) is 2.75. The monoisotopic (exact) mass is 339 g/mol. The number of carbonyl (C=O) groups excluding carboxylic acids is 1. The molecule has 1 aromatic carbocycles. The van der Waals surface area contributed by atoms with E-state index < -0.39 is 10.1 Å². The number of thiophene rings is 1. The number of ketones is 1. The molecule has 0 amide bonds. The maximum Gasteiger partial charge on any atom is 0.304 e. The van der Waals surface area contributed by atoms with E-state index in [2.05, 4.69) is 4.98 Å². The highest BCUT2D eigenvalue weighted by atomic mass is 32.3. The van der Waals surface area contributed by atoms with Gasteiger partial charge in [-0.1, -0.05) is 0 Å². The van der Waals surface area contributed by atoms with E-state index in [1.807, 2.05) is 0 Å². The van der Waals surface area contributed by atoms with Crippen LogP contribution in [-0.4, -0.2) is 23.7 Å². The van der Waals surface area contributed by atoms with Crippen molar-refractivity contribution in [3.05, 3.63) is 35.2 Å². The minimum atomic E-state index is -4.19. The van der Waals surface area contributed by atoms with Crippen LogP contribution >= 0.6 is 22.7 Å². The van der Waals surface area contributed by atoms with Crippen LogP contribution in [0.4, 0.5) is 0 Å². The van der Waals surface area contributed by atoms with Crippen LogP contribution in [0.15, 0.2) is 33.9 Å². The molecule has 0 fully saturated rings. The van der Waals surface area contributed by atoms with E-state index in [4.69, 9.17) is 4.55 Å². The van der Waals surface area contributed by atoms with Crippen molar-refractivity contribution >= 4 is 48.8 Å². The van der Waals surface area contributed by atoms with E-state index in [0.717, 1.165) is 21.6 Å². The first-order valence-corrected chi connectivity index (χ1v) is 8.96. The predicted octanol–water partition coefficient (Wildman–Crippen LogP) is 3.47. The van der Waals surface area contributed by atoms with Crippen molar-refractivity contribution in [3.8, 4) is 10.6 Å². The molecule has 0 saturated heterocycles. The van der Waals surface area contributed by atoms with Gasteiger partial charge in [-0.25, -0.2) is 4.98 Å². The largest absolute Gasteiger partial charge is 0.304 e. The summed E-state index contributed by atoms with van der Waals surface area (Å²) < 4.78 is 31.9. The third-order valence-electron chi connectivity index (χ3n) is 2.87. The first-order chi connectivity index (χ1) is 9.84. The average molecular weight is 339 g/mol. The summed E-state index contributed by atoms with van der Waals surface area (Å²) in [4.78, 5) is 15.8. The molecule has 0 unspecified atom stereocenters. The molecular formula is C13H9NO4S3. The molecule has 0 radical (unpaired) electrons. The Hall–Kier alpha value is -1.61. The van der Waals surface area contributed by atoms with Gasteiger partial charge in [0.05, 0.1) is 10.2 Å². The summed E-state index contributed by atoms with van der Waals surface area (Å²) >= 11 is 2.32. The van der Waals surface area contributed by atoms with Gasteiger partial charge < -0.3 is 0 Å². The fourth-order valence-corrected chi connectivity index (χ4v) is 4.42. The summed E-state index contributed by atoms with van der Waals surface area (Å²) in [6.07, 6.45) is 0. The molecule has 3 aromatic rings. The number of Topliss-reactive ketones (excluding diaryl/α,β-unsaturated/α-hetero) is 1. The number of hydrogen-bond donors (Lipinski definition) is 1. The summed E-state index contributed by atoms with van der Waals surface area (Å²) in [6.45, 7) is 1.50. The second-order valence-corrected chi connectivity index (χ2v) is 7.98. The van der Waals surface area contributed by atoms with Crippen molar-refractivity contribution in [1.29, 1.82) is 0 Å². The normalized spacial score (nSPS) is 11.9. The molecule has 3 rings (SSSR count). The molecule has 5 nitrogen and oxygen atoms in total. The fourth-order valence-electron chi connectivity index (χ4n) is 1.83. The average Bonchev–Trinajstić information content (AvgIpc) is 3.03. The van der Waals surface area contributed by atoms with Crippen LogP contribution in [0.2, 0.25) is 0 Å². The molecule has 0 aliphatic heterocycles. The minimum Gasteiger partial charge on any atom is -0.295 e. The molecule has 108 valence electrons. The van der Waals surface area contributed by atoms with Crippen molar-refractivity contribution < 1.29 is 17.8 Å². The maximum absolute atomic E-state index is 11.4.